The van der Waals surface area contributed by atoms with Crippen molar-refractivity contribution in [2.45, 2.75) is 47.0 Å². The molecule has 0 fully saturated rings. The van der Waals surface area contributed by atoms with Crippen LogP contribution in [0.4, 0.5) is 5.13 Å². The summed E-state index contributed by atoms with van der Waals surface area (Å²) < 4.78 is 0. The molecule has 1 amide bonds. The van der Waals surface area contributed by atoms with Gasteiger partial charge in [0.1, 0.15) is 0 Å². The average molecular weight is 411 g/mol. The quantitative estimate of drug-likeness (QED) is 0.589. The van der Waals surface area contributed by atoms with Crippen molar-refractivity contribution in [3.8, 4) is 0 Å². The van der Waals surface area contributed by atoms with Crippen LogP contribution in [0, 0.1) is 0 Å². The molecule has 0 saturated carbocycles. The van der Waals surface area contributed by atoms with Crippen LogP contribution in [0.3, 0.4) is 0 Å². The molecule has 1 aliphatic rings. The molecule has 1 aliphatic heterocycles. The second-order valence-electron chi connectivity index (χ2n) is 6.91. The Morgan fingerprint density at radius 1 is 1.34 bits per heavy atom. The van der Waals surface area contributed by atoms with Crippen LogP contribution in [0.2, 0.25) is 0 Å². The Labute approximate surface area is 177 Å². The predicted molar refractivity (Wildman–Crippen MR) is 125 cm³/mol. The first-order chi connectivity index (χ1) is 13.9. The number of thiazole rings is 1. The van der Waals surface area contributed by atoms with Crippen molar-refractivity contribution in [1.82, 2.24) is 4.98 Å². The third kappa shape index (κ3) is 7.07. The zero-order valence-electron chi connectivity index (χ0n) is 17.7. The second-order valence-corrected chi connectivity index (χ2v) is 7.77. The van der Waals surface area contributed by atoms with Gasteiger partial charge in [0, 0.05) is 11.6 Å². The van der Waals surface area contributed by atoms with Crippen LogP contribution in [-0.4, -0.2) is 23.7 Å². The van der Waals surface area contributed by atoms with Gasteiger partial charge in [-0.2, -0.15) is 0 Å². The van der Waals surface area contributed by atoms with Crippen molar-refractivity contribution in [3.05, 3.63) is 63.9 Å². The molecule has 0 aromatic carbocycles. The number of aliphatic imine (C=N–C) groups is 1. The van der Waals surface area contributed by atoms with Crippen molar-refractivity contribution in [2.75, 3.05) is 11.9 Å². The van der Waals surface area contributed by atoms with E-state index >= 15 is 0 Å². The molecule has 3 N–H and O–H groups in total. The second kappa shape index (κ2) is 11.4. The zero-order chi connectivity index (χ0) is 21.2. The summed E-state index contributed by atoms with van der Waals surface area (Å²) in [6, 6.07) is 0. The van der Waals surface area contributed by atoms with Gasteiger partial charge < -0.3 is 11.1 Å². The molecule has 0 spiro atoms. The summed E-state index contributed by atoms with van der Waals surface area (Å²) in [6.07, 6.45) is 15.4. The molecule has 0 bridgehead atoms. The molecule has 0 aliphatic carbocycles. The van der Waals surface area contributed by atoms with Crippen molar-refractivity contribution in [1.29, 1.82) is 0 Å². The van der Waals surface area contributed by atoms with Gasteiger partial charge in [-0.05, 0) is 57.3 Å². The summed E-state index contributed by atoms with van der Waals surface area (Å²) in [5.41, 5.74) is 11.8. The number of allylic oxidation sites excluding steroid dienone is 9. The molecule has 0 unspecified atom stereocenters. The van der Waals surface area contributed by atoms with Gasteiger partial charge in [-0.25, -0.2) is 4.98 Å². The highest BCUT2D eigenvalue weighted by atomic mass is 32.1. The Bertz CT molecular complexity index is 913. The van der Waals surface area contributed by atoms with Crippen molar-refractivity contribution in [3.63, 3.8) is 0 Å². The Morgan fingerprint density at radius 3 is 2.86 bits per heavy atom. The van der Waals surface area contributed by atoms with Crippen LogP contribution >= 0.6 is 11.3 Å². The highest BCUT2D eigenvalue weighted by Gasteiger charge is 2.09. The smallest absolute Gasteiger partial charge is 0.239 e. The van der Waals surface area contributed by atoms with E-state index in [2.05, 4.69) is 67.3 Å². The molecule has 1 aromatic rings. The topological polar surface area (TPSA) is 80.4 Å². The Hall–Kier alpha value is -2.57. The van der Waals surface area contributed by atoms with E-state index in [-0.39, 0.29) is 12.5 Å². The van der Waals surface area contributed by atoms with Gasteiger partial charge in [0.15, 0.2) is 5.13 Å². The molecular formula is C23H30N4OS. The average Bonchev–Trinajstić information content (AvgIpc) is 3.14. The minimum atomic E-state index is -0.241. The van der Waals surface area contributed by atoms with Crippen LogP contribution in [0.15, 0.2) is 63.2 Å². The van der Waals surface area contributed by atoms with Crippen molar-refractivity contribution < 1.29 is 4.79 Å². The Kier molecular flexibility index (Phi) is 8.96. The zero-order valence-corrected chi connectivity index (χ0v) is 18.5. The number of nitrogens with two attached hydrogens (primary N) is 1. The molecular weight excluding hydrogens is 380 g/mol. The number of nitrogens with zero attached hydrogens (tertiary/aromatic N) is 2. The normalized spacial score (nSPS) is 20.8. The lowest BCUT2D eigenvalue weighted by atomic mass is 10.0. The minimum Gasteiger partial charge on any atom is -0.322 e. The standard InChI is InChI=1S/C23H30N4OS/c1-5-17(3)19(21-15-29-23(26-21)27-22(28)14-24)11-8-10-18(4)20-13-16(2)9-6-7-12-25-20/h8-13,15H,5-7,14,24H2,1-4H3,(H,26,27,28)/b11-8-,16-9-,18-10+,19-17+,20-13-,25-12-. The van der Waals surface area contributed by atoms with E-state index in [1.807, 2.05) is 17.7 Å². The van der Waals surface area contributed by atoms with Gasteiger partial charge in [-0.3, -0.25) is 9.79 Å². The summed E-state index contributed by atoms with van der Waals surface area (Å²) >= 11 is 1.40. The molecule has 6 heteroatoms. The fourth-order valence-electron chi connectivity index (χ4n) is 2.71. The van der Waals surface area contributed by atoms with E-state index < -0.39 is 0 Å². The number of rotatable bonds is 7. The number of hydrogen-bond donors (Lipinski definition) is 2. The van der Waals surface area contributed by atoms with E-state index in [4.69, 9.17) is 5.73 Å². The van der Waals surface area contributed by atoms with Gasteiger partial charge in [0.2, 0.25) is 5.91 Å². The number of carbonyl (C=O) groups is 1. The van der Waals surface area contributed by atoms with Crippen LogP contribution in [0.1, 0.15) is 52.7 Å². The number of amides is 1. The number of anilines is 1. The maximum atomic E-state index is 11.5. The van der Waals surface area contributed by atoms with E-state index in [1.54, 1.807) is 0 Å². The van der Waals surface area contributed by atoms with Gasteiger partial charge >= 0.3 is 0 Å². The van der Waals surface area contributed by atoms with Crippen molar-refractivity contribution in [2.24, 2.45) is 10.7 Å². The summed E-state index contributed by atoms with van der Waals surface area (Å²) in [5.74, 6) is -0.241. The van der Waals surface area contributed by atoms with E-state index in [0.717, 1.165) is 41.8 Å². The van der Waals surface area contributed by atoms with Crippen LogP contribution in [0.25, 0.3) is 5.57 Å². The van der Waals surface area contributed by atoms with E-state index in [0.29, 0.717) is 5.13 Å². The molecule has 29 heavy (non-hydrogen) atoms. The lowest BCUT2D eigenvalue weighted by Gasteiger charge is -2.06. The van der Waals surface area contributed by atoms with Gasteiger partial charge in [0.05, 0.1) is 17.9 Å². The fraction of sp³-hybridized carbons (Fsp3) is 0.348. The first-order valence-corrected chi connectivity index (χ1v) is 10.7. The molecule has 0 atom stereocenters. The number of hydrogen-bond acceptors (Lipinski definition) is 5. The lowest BCUT2D eigenvalue weighted by molar-refractivity contribution is -0.114. The molecule has 154 valence electrons. The van der Waals surface area contributed by atoms with Crippen LogP contribution < -0.4 is 11.1 Å². The lowest BCUT2D eigenvalue weighted by Crippen LogP contribution is -2.21. The first kappa shape index (κ1) is 22.7. The van der Waals surface area contributed by atoms with Crippen LogP contribution in [-0.2, 0) is 4.79 Å². The minimum absolute atomic E-state index is 0.0530. The monoisotopic (exact) mass is 410 g/mol. The van der Waals surface area contributed by atoms with E-state index in [9.17, 15) is 4.79 Å². The molecule has 2 heterocycles. The number of carbonyl (C=O) groups excluding carboxylic acids is 1. The predicted octanol–water partition coefficient (Wildman–Crippen LogP) is 5.42. The highest BCUT2D eigenvalue weighted by molar-refractivity contribution is 7.14. The van der Waals surface area contributed by atoms with Gasteiger partial charge in [-0.1, -0.05) is 42.4 Å². The molecule has 0 saturated heterocycles. The maximum absolute atomic E-state index is 11.5. The molecule has 5 nitrogen and oxygen atoms in total. The third-order valence-electron chi connectivity index (χ3n) is 4.57. The SMILES string of the molecule is CC/C(C)=C(\C=C/C=C(C)/C1=C/C(C)=C\CC/C=N\1)c1csc(NC(=O)CN)n1. The maximum Gasteiger partial charge on any atom is 0.239 e. The van der Waals surface area contributed by atoms with Gasteiger partial charge in [0.25, 0.3) is 0 Å². The first-order valence-electron chi connectivity index (χ1n) is 9.86. The molecule has 2 rings (SSSR count). The fourth-order valence-corrected chi connectivity index (χ4v) is 3.44. The highest BCUT2D eigenvalue weighted by Crippen LogP contribution is 2.26. The summed E-state index contributed by atoms with van der Waals surface area (Å²) in [6.45, 7) is 8.35. The summed E-state index contributed by atoms with van der Waals surface area (Å²) in [5, 5.41) is 5.23. The Morgan fingerprint density at radius 2 is 2.14 bits per heavy atom. The molecule has 1 aromatic heterocycles. The number of aromatic nitrogens is 1. The van der Waals surface area contributed by atoms with Crippen molar-refractivity contribution >= 4 is 34.2 Å². The summed E-state index contributed by atoms with van der Waals surface area (Å²) in [4.78, 5) is 20.6. The van der Waals surface area contributed by atoms with Crippen LogP contribution in [0.5, 0.6) is 0 Å². The third-order valence-corrected chi connectivity index (χ3v) is 5.33. The largest absolute Gasteiger partial charge is 0.322 e. The molecule has 0 radical (unpaired) electrons. The summed E-state index contributed by atoms with van der Waals surface area (Å²) in [7, 11) is 0. The van der Waals surface area contributed by atoms with Gasteiger partial charge in [-0.15, -0.1) is 11.3 Å². The number of nitrogens with one attached hydrogen (secondary N) is 1. The Balaban J connectivity index is 2.25. The van der Waals surface area contributed by atoms with E-state index in [1.165, 1.54) is 22.5 Å².